The van der Waals surface area contributed by atoms with Crippen molar-refractivity contribution in [1.82, 2.24) is 15.6 Å². The summed E-state index contributed by atoms with van der Waals surface area (Å²) in [5, 5.41) is 16.3. The fraction of sp³-hybridized carbons (Fsp3) is 0.600. The summed E-state index contributed by atoms with van der Waals surface area (Å²) < 4.78 is 0. The highest BCUT2D eigenvalue weighted by Gasteiger charge is 2.27. The number of amides is 1. The third-order valence-electron chi connectivity index (χ3n) is 2.62. The summed E-state index contributed by atoms with van der Waals surface area (Å²) in [6.07, 6.45) is -0.510. The van der Waals surface area contributed by atoms with E-state index in [4.69, 9.17) is 0 Å². The second-order valence-electron chi connectivity index (χ2n) is 3.94. The third kappa shape index (κ3) is 2.23. The Morgan fingerprint density at radius 1 is 1.56 bits per heavy atom. The molecule has 1 aliphatic rings. The van der Waals surface area contributed by atoms with Crippen LogP contribution in [0.3, 0.4) is 0 Å². The average Bonchev–Trinajstić information content (AvgIpc) is 2.74. The molecule has 1 aromatic heterocycles. The molecule has 1 amide bonds. The number of carbonyl (C=O) groups excluding carboxylic acids is 1. The van der Waals surface area contributed by atoms with E-state index in [-0.39, 0.29) is 11.9 Å². The van der Waals surface area contributed by atoms with Gasteiger partial charge in [0.1, 0.15) is 5.69 Å². The third-order valence-corrected chi connectivity index (χ3v) is 3.50. The minimum absolute atomic E-state index is 0.199. The van der Waals surface area contributed by atoms with Crippen molar-refractivity contribution in [2.45, 2.75) is 26.0 Å². The molecule has 6 heteroatoms. The number of hydrogen-bond donors (Lipinski definition) is 3. The topological polar surface area (TPSA) is 74.2 Å². The van der Waals surface area contributed by atoms with Crippen LogP contribution in [0.15, 0.2) is 0 Å². The van der Waals surface area contributed by atoms with Crippen molar-refractivity contribution in [1.29, 1.82) is 0 Å². The predicted octanol–water partition coefficient (Wildman–Crippen LogP) is -0.178. The Hall–Kier alpha value is -0.980. The zero-order valence-electron chi connectivity index (χ0n) is 9.28. The highest BCUT2D eigenvalue weighted by molar-refractivity contribution is 7.11. The van der Waals surface area contributed by atoms with E-state index < -0.39 is 6.10 Å². The molecule has 5 nitrogen and oxygen atoms in total. The zero-order chi connectivity index (χ0) is 11.7. The summed E-state index contributed by atoms with van der Waals surface area (Å²) in [6.45, 7) is 4.89. The summed E-state index contributed by atoms with van der Waals surface area (Å²) in [7, 11) is 0. The van der Waals surface area contributed by atoms with Gasteiger partial charge in [-0.2, -0.15) is 0 Å². The molecule has 0 unspecified atom stereocenters. The second kappa shape index (κ2) is 4.48. The van der Waals surface area contributed by atoms with Gasteiger partial charge in [0, 0.05) is 18.0 Å². The van der Waals surface area contributed by atoms with E-state index >= 15 is 0 Å². The van der Waals surface area contributed by atoms with Gasteiger partial charge in [-0.25, -0.2) is 4.98 Å². The lowest BCUT2D eigenvalue weighted by Crippen LogP contribution is -2.43. The van der Waals surface area contributed by atoms with Crippen LogP contribution in [-0.2, 0) is 0 Å². The first kappa shape index (κ1) is 11.5. The van der Waals surface area contributed by atoms with Crippen LogP contribution in [0.5, 0.6) is 0 Å². The SMILES string of the molecule is Cc1nc(C(=O)N[C@@H]2CNC[C@@H]2O)c(C)s1. The summed E-state index contributed by atoms with van der Waals surface area (Å²) >= 11 is 1.51. The Bertz CT molecular complexity index is 405. The number of aliphatic hydroxyl groups is 1. The molecule has 0 saturated carbocycles. The summed E-state index contributed by atoms with van der Waals surface area (Å²) in [5.41, 5.74) is 0.474. The van der Waals surface area contributed by atoms with Gasteiger partial charge >= 0.3 is 0 Å². The number of aryl methyl sites for hydroxylation is 2. The molecule has 1 saturated heterocycles. The van der Waals surface area contributed by atoms with Crippen LogP contribution < -0.4 is 10.6 Å². The summed E-state index contributed by atoms with van der Waals surface area (Å²) in [6, 6.07) is -0.214. The number of rotatable bonds is 2. The van der Waals surface area contributed by atoms with Crippen LogP contribution in [0.25, 0.3) is 0 Å². The summed E-state index contributed by atoms with van der Waals surface area (Å²) in [5.74, 6) is -0.199. The quantitative estimate of drug-likeness (QED) is 0.671. The van der Waals surface area contributed by atoms with Crippen molar-refractivity contribution < 1.29 is 9.90 Å². The molecule has 2 heterocycles. The monoisotopic (exact) mass is 241 g/mol. The van der Waals surface area contributed by atoms with Crippen LogP contribution in [0.1, 0.15) is 20.4 Å². The van der Waals surface area contributed by atoms with Crippen molar-refractivity contribution in [2.24, 2.45) is 0 Å². The van der Waals surface area contributed by atoms with E-state index in [0.29, 0.717) is 18.8 Å². The predicted molar refractivity (Wildman–Crippen MR) is 61.7 cm³/mol. The first-order chi connectivity index (χ1) is 7.58. The average molecular weight is 241 g/mol. The van der Waals surface area contributed by atoms with Crippen LogP contribution >= 0.6 is 11.3 Å². The number of aliphatic hydroxyl groups excluding tert-OH is 1. The Morgan fingerprint density at radius 2 is 2.31 bits per heavy atom. The first-order valence-electron chi connectivity index (χ1n) is 5.21. The lowest BCUT2D eigenvalue weighted by molar-refractivity contribution is 0.0883. The number of aromatic nitrogens is 1. The largest absolute Gasteiger partial charge is 0.390 e. The Labute approximate surface area is 97.9 Å². The van der Waals surface area contributed by atoms with Gasteiger partial charge in [-0.1, -0.05) is 0 Å². The van der Waals surface area contributed by atoms with Crippen molar-refractivity contribution in [3.63, 3.8) is 0 Å². The normalized spacial score (nSPS) is 24.7. The van der Waals surface area contributed by atoms with E-state index in [1.54, 1.807) is 0 Å². The Morgan fingerprint density at radius 3 is 2.81 bits per heavy atom. The van der Waals surface area contributed by atoms with E-state index in [0.717, 1.165) is 9.88 Å². The highest BCUT2D eigenvalue weighted by atomic mass is 32.1. The molecule has 1 fully saturated rings. The van der Waals surface area contributed by atoms with Crippen molar-refractivity contribution in [2.75, 3.05) is 13.1 Å². The molecule has 88 valence electrons. The maximum Gasteiger partial charge on any atom is 0.271 e. The number of nitrogens with one attached hydrogen (secondary N) is 2. The number of hydrogen-bond acceptors (Lipinski definition) is 5. The molecule has 16 heavy (non-hydrogen) atoms. The molecule has 0 radical (unpaired) electrons. The van der Waals surface area contributed by atoms with Crippen molar-refractivity contribution >= 4 is 17.2 Å². The standard InChI is InChI=1S/C10H15N3O2S/c1-5-9(12-6(2)16-5)10(15)13-7-3-11-4-8(7)14/h7-8,11,14H,3-4H2,1-2H3,(H,13,15)/t7-,8+/m1/s1. The zero-order valence-corrected chi connectivity index (χ0v) is 10.1. The molecular weight excluding hydrogens is 226 g/mol. The number of carbonyl (C=O) groups is 1. The second-order valence-corrected chi connectivity index (χ2v) is 5.35. The lowest BCUT2D eigenvalue weighted by atomic mass is 10.2. The first-order valence-corrected chi connectivity index (χ1v) is 6.03. The van der Waals surface area contributed by atoms with Crippen molar-refractivity contribution in [3.05, 3.63) is 15.6 Å². The number of nitrogens with zero attached hydrogens (tertiary/aromatic N) is 1. The van der Waals surface area contributed by atoms with Gasteiger partial charge in [-0.05, 0) is 13.8 Å². The van der Waals surface area contributed by atoms with Crippen LogP contribution in [-0.4, -0.2) is 41.2 Å². The van der Waals surface area contributed by atoms with Gasteiger partial charge in [0.15, 0.2) is 0 Å². The maximum absolute atomic E-state index is 11.9. The minimum atomic E-state index is -0.510. The Balaban J connectivity index is 2.05. The van der Waals surface area contributed by atoms with E-state index in [2.05, 4.69) is 15.6 Å². The van der Waals surface area contributed by atoms with Gasteiger partial charge in [0.2, 0.25) is 0 Å². The van der Waals surface area contributed by atoms with E-state index in [9.17, 15) is 9.90 Å². The van der Waals surface area contributed by atoms with Crippen LogP contribution in [0.2, 0.25) is 0 Å². The highest BCUT2D eigenvalue weighted by Crippen LogP contribution is 2.16. The molecule has 0 aliphatic carbocycles. The molecule has 3 N–H and O–H groups in total. The molecule has 1 aromatic rings. The lowest BCUT2D eigenvalue weighted by Gasteiger charge is -2.14. The van der Waals surface area contributed by atoms with Gasteiger partial charge < -0.3 is 15.7 Å². The van der Waals surface area contributed by atoms with Gasteiger partial charge in [0.25, 0.3) is 5.91 Å². The Kier molecular flexibility index (Phi) is 3.22. The molecular formula is C10H15N3O2S. The molecule has 1 aliphatic heterocycles. The van der Waals surface area contributed by atoms with Gasteiger partial charge in [-0.15, -0.1) is 11.3 Å². The van der Waals surface area contributed by atoms with Gasteiger partial charge in [0.05, 0.1) is 17.2 Å². The number of β-amino-alcohol motifs (C(OH)–C–C–N with tert-alkyl or cyclic N) is 1. The smallest absolute Gasteiger partial charge is 0.271 e. The van der Waals surface area contributed by atoms with Gasteiger partial charge in [-0.3, -0.25) is 4.79 Å². The fourth-order valence-corrected chi connectivity index (χ4v) is 2.60. The molecule has 2 atom stereocenters. The van der Waals surface area contributed by atoms with Crippen molar-refractivity contribution in [3.8, 4) is 0 Å². The molecule has 0 bridgehead atoms. The maximum atomic E-state index is 11.9. The summed E-state index contributed by atoms with van der Waals surface area (Å²) in [4.78, 5) is 17.0. The molecule has 0 aromatic carbocycles. The minimum Gasteiger partial charge on any atom is -0.390 e. The van der Waals surface area contributed by atoms with E-state index in [1.165, 1.54) is 11.3 Å². The number of thiazole rings is 1. The molecule has 0 spiro atoms. The van der Waals surface area contributed by atoms with E-state index in [1.807, 2.05) is 13.8 Å². The van der Waals surface area contributed by atoms with Crippen LogP contribution in [0, 0.1) is 13.8 Å². The molecule has 2 rings (SSSR count). The van der Waals surface area contributed by atoms with Crippen LogP contribution in [0.4, 0.5) is 0 Å². The fourth-order valence-electron chi connectivity index (χ4n) is 1.79.